The smallest absolute Gasteiger partial charge is 0.254 e. The summed E-state index contributed by atoms with van der Waals surface area (Å²) in [5, 5.41) is 0. The molecule has 35 heavy (non-hydrogen) atoms. The van der Waals surface area contributed by atoms with Crippen molar-refractivity contribution < 1.29 is 19.0 Å². The van der Waals surface area contributed by atoms with E-state index in [4.69, 9.17) is 14.2 Å². The standard InChI is InChI=1S/C30H33NO4/c1-2-3-19-31-20-27(33-21-24-13-7-4-8-14-24)28(34-22-25-15-9-5-10-16-25)29(30(31)32)35-23-26-17-11-6-12-18-26/h2,4-18,27-29H,1,3,19-23H2/t27-,28+,29-/m0/s1. The SMILES string of the molecule is C=CCCN1C[C@H](OCc2ccccc2)[C@@H](OCc2ccccc2)[C@H](OCc2ccccc2)C1=O. The lowest BCUT2D eigenvalue weighted by atomic mass is 9.99. The third-order valence-corrected chi connectivity index (χ3v) is 6.09. The third kappa shape index (κ3) is 7.12. The maximum absolute atomic E-state index is 13.5. The van der Waals surface area contributed by atoms with Crippen molar-refractivity contribution in [2.24, 2.45) is 0 Å². The van der Waals surface area contributed by atoms with E-state index < -0.39 is 12.2 Å². The Hall–Kier alpha value is -3.25. The van der Waals surface area contributed by atoms with Gasteiger partial charge in [-0.15, -0.1) is 6.58 Å². The molecule has 0 bridgehead atoms. The predicted molar refractivity (Wildman–Crippen MR) is 136 cm³/mol. The lowest BCUT2D eigenvalue weighted by Crippen LogP contribution is -2.61. The number of piperidine rings is 1. The Bertz CT molecular complexity index is 1040. The zero-order valence-electron chi connectivity index (χ0n) is 20.0. The molecule has 0 N–H and O–H groups in total. The summed E-state index contributed by atoms with van der Waals surface area (Å²) >= 11 is 0. The number of carbonyl (C=O) groups excluding carboxylic acids is 1. The van der Waals surface area contributed by atoms with Crippen molar-refractivity contribution in [3.05, 3.63) is 120 Å². The summed E-state index contributed by atoms with van der Waals surface area (Å²) in [5.74, 6) is -0.0691. The van der Waals surface area contributed by atoms with Crippen LogP contribution in [0.5, 0.6) is 0 Å². The Labute approximate surface area is 207 Å². The van der Waals surface area contributed by atoms with E-state index in [2.05, 4.69) is 6.58 Å². The number of ether oxygens (including phenoxy) is 3. The molecule has 182 valence electrons. The summed E-state index contributed by atoms with van der Waals surface area (Å²) in [6.07, 6.45) is 0.902. The van der Waals surface area contributed by atoms with Gasteiger partial charge in [0.15, 0.2) is 6.10 Å². The first-order valence-electron chi connectivity index (χ1n) is 12.1. The minimum absolute atomic E-state index is 0.0691. The minimum Gasteiger partial charge on any atom is -0.369 e. The van der Waals surface area contributed by atoms with Crippen LogP contribution in [0.15, 0.2) is 104 Å². The number of hydrogen-bond donors (Lipinski definition) is 0. The highest BCUT2D eigenvalue weighted by Gasteiger charge is 2.45. The Morgan fingerprint density at radius 2 is 1.23 bits per heavy atom. The van der Waals surface area contributed by atoms with E-state index in [0.717, 1.165) is 16.7 Å². The van der Waals surface area contributed by atoms with Gasteiger partial charge in [0.1, 0.15) is 12.2 Å². The van der Waals surface area contributed by atoms with Gasteiger partial charge in [-0.2, -0.15) is 0 Å². The van der Waals surface area contributed by atoms with E-state index in [0.29, 0.717) is 39.3 Å². The number of amides is 1. The molecule has 1 aliphatic heterocycles. The molecule has 1 saturated heterocycles. The maximum atomic E-state index is 13.5. The lowest BCUT2D eigenvalue weighted by molar-refractivity contribution is -0.196. The van der Waals surface area contributed by atoms with Crippen LogP contribution in [-0.2, 0) is 38.8 Å². The molecule has 0 saturated carbocycles. The van der Waals surface area contributed by atoms with Crippen molar-refractivity contribution in [3.8, 4) is 0 Å². The number of benzene rings is 3. The van der Waals surface area contributed by atoms with Crippen LogP contribution in [0.4, 0.5) is 0 Å². The fourth-order valence-electron chi connectivity index (χ4n) is 4.19. The number of nitrogens with zero attached hydrogens (tertiary/aromatic N) is 1. The van der Waals surface area contributed by atoms with Crippen LogP contribution in [0.2, 0.25) is 0 Å². The number of rotatable bonds is 12. The topological polar surface area (TPSA) is 48.0 Å². The molecule has 5 heteroatoms. The van der Waals surface area contributed by atoms with E-state index in [1.807, 2.05) is 102 Å². The zero-order valence-corrected chi connectivity index (χ0v) is 20.0. The number of carbonyl (C=O) groups is 1. The fraction of sp³-hybridized carbons (Fsp3) is 0.300. The molecule has 1 amide bonds. The maximum Gasteiger partial charge on any atom is 0.254 e. The molecule has 3 aromatic carbocycles. The Morgan fingerprint density at radius 1 is 0.743 bits per heavy atom. The van der Waals surface area contributed by atoms with Gasteiger partial charge in [-0.05, 0) is 23.1 Å². The van der Waals surface area contributed by atoms with E-state index in [1.165, 1.54) is 0 Å². The van der Waals surface area contributed by atoms with Crippen LogP contribution in [0.25, 0.3) is 0 Å². The Balaban J connectivity index is 1.55. The third-order valence-electron chi connectivity index (χ3n) is 6.09. The average molecular weight is 472 g/mol. The second-order valence-corrected chi connectivity index (χ2v) is 8.68. The normalized spacial score (nSPS) is 20.1. The van der Waals surface area contributed by atoms with Crippen LogP contribution in [0.1, 0.15) is 23.1 Å². The molecule has 1 aliphatic rings. The molecule has 0 unspecified atom stereocenters. The summed E-state index contributed by atoms with van der Waals surface area (Å²) in [6.45, 7) is 5.97. The molecule has 0 spiro atoms. The van der Waals surface area contributed by atoms with Gasteiger partial charge in [-0.25, -0.2) is 0 Å². The van der Waals surface area contributed by atoms with Gasteiger partial charge < -0.3 is 19.1 Å². The van der Waals surface area contributed by atoms with E-state index >= 15 is 0 Å². The van der Waals surface area contributed by atoms with Crippen LogP contribution in [0, 0.1) is 0 Å². The van der Waals surface area contributed by atoms with Crippen molar-refractivity contribution in [1.29, 1.82) is 0 Å². The fourth-order valence-corrected chi connectivity index (χ4v) is 4.19. The molecular weight excluding hydrogens is 438 g/mol. The van der Waals surface area contributed by atoms with E-state index in [-0.39, 0.29) is 12.0 Å². The molecule has 4 rings (SSSR count). The molecule has 1 heterocycles. The minimum atomic E-state index is -0.766. The van der Waals surface area contributed by atoms with E-state index in [9.17, 15) is 4.79 Å². The summed E-state index contributed by atoms with van der Waals surface area (Å²) in [4.78, 5) is 15.3. The molecule has 5 nitrogen and oxygen atoms in total. The van der Waals surface area contributed by atoms with Gasteiger partial charge in [-0.1, -0.05) is 97.1 Å². The number of likely N-dealkylation sites (tertiary alicyclic amines) is 1. The van der Waals surface area contributed by atoms with Crippen LogP contribution in [-0.4, -0.2) is 42.2 Å². The van der Waals surface area contributed by atoms with E-state index in [1.54, 1.807) is 0 Å². The van der Waals surface area contributed by atoms with Crippen molar-refractivity contribution in [1.82, 2.24) is 4.90 Å². The summed E-state index contributed by atoms with van der Waals surface area (Å²) in [7, 11) is 0. The van der Waals surface area contributed by atoms with Gasteiger partial charge in [0.2, 0.25) is 0 Å². The molecule has 0 aliphatic carbocycles. The highest BCUT2D eigenvalue weighted by atomic mass is 16.6. The van der Waals surface area contributed by atoms with Crippen molar-refractivity contribution in [2.45, 2.75) is 44.6 Å². The highest BCUT2D eigenvalue weighted by molar-refractivity contribution is 5.82. The van der Waals surface area contributed by atoms with Gasteiger partial charge in [0, 0.05) is 13.1 Å². The second kappa shape index (κ2) is 13.0. The average Bonchev–Trinajstić information content (AvgIpc) is 2.91. The largest absolute Gasteiger partial charge is 0.369 e. The van der Waals surface area contributed by atoms with Gasteiger partial charge in [-0.3, -0.25) is 4.79 Å². The molecule has 3 atom stereocenters. The molecule has 0 radical (unpaired) electrons. The van der Waals surface area contributed by atoms with Crippen molar-refractivity contribution >= 4 is 5.91 Å². The first-order valence-corrected chi connectivity index (χ1v) is 12.1. The molecular formula is C30H33NO4. The second-order valence-electron chi connectivity index (χ2n) is 8.68. The van der Waals surface area contributed by atoms with Crippen LogP contribution >= 0.6 is 0 Å². The quantitative estimate of drug-likeness (QED) is 0.342. The Kier molecular flexibility index (Phi) is 9.24. The predicted octanol–water partition coefficient (Wildman–Crippen LogP) is 5.16. The van der Waals surface area contributed by atoms with Gasteiger partial charge in [0.05, 0.1) is 19.8 Å². The van der Waals surface area contributed by atoms with Crippen molar-refractivity contribution in [3.63, 3.8) is 0 Å². The monoisotopic (exact) mass is 471 g/mol. The number of hydrogen-bond acceptors (Lipinski definition) is 4. The molecule has 0 aromatic heterocycles. The van der Waals surface area contributed by atoms with Crippen LogP contribution < -0.4 is 0 Å². The summed E-state index contributed by atoms with van der Waals surface area (Å²) in [5.41, 5.74) is 3.12. The van der Waals surface area contributed by atoms with Gasteiger partial charge in [0.25, 0.3) is 5.91 Å². The Morgan fingerprint density at radius 3 is 1.74 bits per heavy atom. The highest BCUT2D eigenvalue weighted by Crippen LogP contribution is 2.25. The summed E-state index contributed by atoms with van der Waals surface area (Å²) in [6, 6.07) is 29.9. The summed E-state index contributed by atoms with van der Waals surface area (Å²) < 4.78 is 19.0. The van der Waals surface area contributed by atoms with Gasteiger partial charge >= 0.3 is 0 Å². The zero-order chi connectivity index (χ0) is 24.3. The van der Waals surface area contributed by atoms with Crippen molar-refractivity contribution in [2.75, 3.05) is 13.1 Å². The van der Waals surface area contributed by atoms with Crippen LogP contribution in [0.3, 0.4) is 0 Å². The lowest BCUT2D eigenvalue weighted by Gasteiger charge is -2.42. The molecule has 3 aromatic rings. The first-order chi connectivity index (χ1) is 17.2. The molecule has 1 fully saturated rings. The first kappa shape index (κ1) is 24.9.